The van der Waals surface area contributed by atoms with Crippen molar-refractivity contribution in [2.24, 2.45) is 5.92 Å². The van der Waals surface area contributed by atoms with Crippen molar-refractivity contribution in [3.05, 3.63) is 11.8 Å². The monoisotopic (exact) mass is 280 g/mol. The number of carbonyl (C=O) groups excluding carboxylic acids is 1. The van der Waals surface area contributed by atoms with E-state index in [1.54, 1.807) is 11.9 Å². The molecule has 0 aromatic heterocycles. The third-order valence-electron chi connectivity index (χ3n) is 4.42. The number of hydrogen-bond acceptors (Lipinski definition) is 3. The van der Waals surface area contributed by atoms with E-state index in [4.69, 9.17) is 0 Å². The van der Waals surface area contributed by atoms with Gasteiger partial charge in [-0.2, -0.15) is 0 Å². The van der Waals surface area contributed by atoms with E-state index in [1.807, 2.05) is 4.90 Å². The van der Waals surface area contributed by atoms with Crippen molar-refractivity contribution in [1.82, 2.24) is 9.80 Å². The van der Waals surface area contributed by atoms with Crippen LogP contribution in [0.2, 0.25) is 0 Å². The second-order valence-corrected chi connectivity index (χ2v) is 5.99. The van der Waals surface area contributed by atoms with Crippen LogP contribution in [0.5, 0.6) is 0 Å². The summed E-state index contributed by atoms with van der Waals surface area (Å²) in [5.41, 5.74) is 1.08. The Morgan fingerprint density at radius 3 is 2.85 bits per heavy atom. The van der Waals surface area contributed by atoms with Crippen molar-refractivity contribution in [2.75, 3.05) is 20.1 Å². The fraction of sp³-hybridized carbons (Fsp3) is 0.733. The van der Waals surface area contributed by atoms with Crippen molar-refractivity contribution in [2.45, 2.75) is 45.1 Å². The Morgan fingerprint density at radius 2 is 2.25 bits per heavy atom. The molecule has 20 heavy (non-hydrogen) atoms. The first kappa shape index (κ1) is 15.0. The smallest absolute Gasteiger partial charge is 0.320 e. The topological polar surface area (TPSA) is 60.9 Å². The predicted octanol–water partition coefficient (Wildman–Crippen LogP) is 1.70. The predicted molar refractivity (Wildman–Crippen MR) is 76.1 cm³/mol. The molecule has 5 heteroatoms. The number of piperidine rings is 1. The second-order valence-electron chi connectivity index (χ2n) is 5.99. The largest absolute Gasteiger partial charge is 0.480 e. The molecule has 1 aliphatic carbocycles. The molecule has 0 aromatic carbocycles. The lowest BCUT2D eigenvalue weighted by Gasteiger charge is -2.36. The van der Waals surface area contributed by atoms with Crippen LogP contribution in [0.1, 0.15) is 39.0 Å². The van der Waals surface area contributed by atoms with Crippen LogP contribution in [0, 0.1) is 5.92 Å². The summed E-state index contributed by atoms with van der Waals surface area (Å²) in [4.78, 5) is 27.2. The summed E-state index contributed by atoms with van der Waals surface area (Å²) in [5.74, 6) is -0.399. The van der Waals surface area contributed by atoms with Gasteiger partial charge < -0.3 is 10.0 Å². The minimum absolute atomic E-state index is 0.000969. The van der Waals surface area contributed by atoms with Crippen molar-refractivity contribution >= 4 is 11.9 Å². The number of nitrogens with zero attached hydrogens (tertiary/aromatic N) is 2. The van der Waals surface area contributed by atoms with Crippen LogP contribution in [-0.2, 0) is 9.59 Å². The highest BCUT2D eigenvalue weighted by atomic mass is 16.4. The molecule has 1 amide bonds. The molecule has 1 heterocycles. The van der Waals surface area contributed by atoms with Gasteiger partial charge in [-0.05, 0) is 44.6 Å². The van der Waals surface area contributed by atoms with Gasteiger partial charge >= 0.3 is 5.97 Å². The van der Waals surface area contributed by atoms with Gasteiger partial charge in [-0.3, -0.25) is 14.5 Å². The molecule has 2 atom stereocenters. The number of likely N-dealkylation sites (tertiary alicyclic amines) is 1. The molecule has 2 aliphatic rings. The van der Waals surface area contributed by atoms with Gasteiger partial charge in [0.15, 0.2) is 0 Å². The average molecular weight is 280 g/mol. The summed E-state index contributed by atoms with van der Waals surface area (Å²) in [6, 6.07) is -0.520. The van der Waals surface area contributed by atoms with E-state index in [2.05, 4.69) is 13.0 Å². The summed E-state index contributed by atoms with van der Waals surface area (Å²) in [6.45, 7) is 2.97. The van der Waals surface area contributed by atoms with E-state index in [9.17, 15) is 14.7 Å². The lowest BCUT2D eigenvalue weighted by atomic mass is 9.92. The molecule has 1 N–H and O–H groups in total. The highest BCUT2D eigenvalue weighted by molar-refractivity contribution is 5.81. The Labute approximate surface area is 120 Å². The Kier molecular flexibility index (Phi) is 4.81. The molecule has 1 aliphatic heterocycles. The molecule has 0 radical (unpaired) electrons. The molecule has 1 fully saturated rings. The standard InChI is InChI=1S/C15H24N2O3/c1-11-7-8-17(13(9-11)15(19)20)10-14(18)16(2)12-5-3-4-6-12/h5,11,13H,3-4,6-10H2,1-2H3,(H,19,20). The SMILES string of the molecule is CC1CCN(CC(=O)N(C)C2=CCCC2)C(C(=O)O)C1. The Bertz CT molecular complexity index is 419. The zero-order valence-corrected chi connectivity index (χ0v) is 12.3. The molecule has 1 saturated heterocycles. The maximum absolute atomic E-state index is 12.3. The normalized spacial score (nSPS) is 27.2. The molecule has 0 saturated carbocycles. The molecular formula is C15H24N2O3. The van der Waals surface area contributed by atoms with Crippen LogP contribution in [0.3, 0.4) is 0 Å². The van der Waals surface area contributed by atoms with E-state index in [1.165, 1.54) is 0 Å². The number of aliphatic carboxylic acids is 1. The van der Waals surface area contributed by atoms with Crippen LogP contribution < -0.4 is 0 Å². The van der Waals surface area contributed by atoms with Gasteiger partial charge in [0, 0.05) is 12.7 Å². The van der Waals surface area contributed by atoms with Gasteiger partial charge in [-0.1, -0.05) is 13.0 Å². The molecule has 0 bridgehead atoms. The Morgan fingerprint density at radius 1 is 1.50 bits per heavy atom. The number of hydrogen-bond donors (Lipinski definition) is 1. The maximum Gasteiger partial charge on any atom is 0.320 e. The van der Waals surface area contributed by atoms with Gasteiger partial charge in [0.25, 0.3) is 0 Å². The number of carbonyl (C=O) groups is 2. The maximum atomic E-state index is 12.3. The minimum atomic E-state index is -0.813. The second kappa shape index (κ2) is 6.39. The molecule has 5 nitrogen and oxygen atoms in total. The molecule has 2 unspecified atom stereocenters. The van der Waals surface area contributed by atoms with Crippen LogP contribution in [0.4, 0.5) is 0 Å². The zero-order valence-electron chi connectivity index (χ0n) is 12.3. The van der Waals surface area contributed by atoms with Crippen molar-refractivity contribution in [3.8, 4) is 0 Å². The Balaban J connectivity index is 1.96. The molecule has 0 aromatic rings. The lowest BCUT2D eigenvalue weighted by molar-refractivity contribution is -0.146. The fourth-order valence-corrected chi connectivity index (χ4v) is 3.03. The van der Waals surface area contributed by atoms with Gasteiger partial charge in [0.2, 0.25) is 5.91 Å². The first-order valence-corrected chi connectivity index (χ1v) is 7.41. The molecule has 0 spiro atoms. The van der Waals surface area contributed by atoms with Crippen LogP contribution in [0.25, 0.3) is 0 Å². The van der Waals surface area contributed by atoms with Crippen molar-refractivity contribution < 1.29 is 14.7 Å². The molecule has 112 valence electrons. The van der Waals surface area contributed by atoms with Crippen LogP contribution >= 0.6 is 0 Å². The Hall–Kier alpha value is -1.36. The summed E-state index contributed by atoms with van der Waals surface area (Å²) in [5, 5.41) is 9.31. The van der Waals surface area contributed by atoms with Gasteiger partial charge in [-0.15, -0.1) is 0 Å². The number of allylic oxidation sites excluding steroid dienone is 2. The van der Waals surface area contributed by atoms with E-state index in [0.29, 0.717) is 18.9 Å². The summed E-state index contributed by atoms with van der Waals surface area (Å²) in [7, 11) is 1.79. The fourth-order valence-electron chi connectivity index (χ4n) is 3.03. The van der Waals surface area contributed by atoms with E-state index >= 15 is 0 Å². The third-order valence-corrected chi connectivity index (χ3v) is 4.42. The van der Waals surface area contributed by atoms with Crippen LogP contribution in [-0.4, -0.2) is 53.0 Å². The van der Waals surface area contributed by atoms with Crippen LogP contribution in [0.15, 0.2) is 11.8 Å². The first-order chi connectivity index (χ1) is 9.49. The zero-order chi connectivity index (χ0) is 14.7. The minimum Gasteiger partial charge on any atom is -0.480 e. The third kappa shape index (κ3) is 3.39. The highest BCUT2D eigenvalue weighted by Crippen LogP contribution is 2.24. The van der Waals surface area contributed by atoms with E-state index in [0.717, 1.165) is 31.4 Å². The van der Waals surface area contributed by atoms with Crippen molar-refractivity contribution in [3.63, 3.8) is 0 Å². The van der Waals surface area contributed by atoms with E-state index < -0.39 is 12.0 Å². The number of amides is 1. The average Bonchev–Trinajstić information content (AvgIpc) is 2.93. The molecule has 2 rings (SSSR count). The summed E-state index contributed by atoms with van der Waals surface area (Å²) < 4.78 is 0. The number of likely N-dealkylation sites (N-methyl/N-ethyl adjacent to an activating group) is 1. The van der Waals surface area contributed by atoms with Crippen molar-refractivity contribution in [1.29, 1.82) is 0 Å². The van der Waals surface area contributed by atoms with Gasteiger partial charge in [0.1, 0.15) is 6.04 Å². The van der Waals surface area contributed by atoms with Gasteiger partial charge in [0.05, 0.1) is 6.54 Å². The summed E-state index contributed by atoms with van der Waals surface area (Å²) >= 11 is 0. The first-order valence-electron chi connectivity index (χ1n) is 7.41. The quantitative estimate of drug-likeness (QED) is 0.851. The van der Waals surface area contributed by atoms with E-state index in [-0.39, 0.29) is 12.5 Å². The number of rotatable bonds is 4. The number of carboxylic acid groups (broad SMARTS) is 1. The number of carboxylic acids is 1. The summed E-state index contributed by atoms with van der Waals surface area (Å²) in [6.07, 6.45) is 6.78. The molecular weight excluding hydrogens is 256 g/mol. The highest BCUT2D eigenvalue weighted by Gasteiger charge is 2.33. The van der Waals surface area contributed by atoms with Gasteiger partial charge in [-0.25, -0.2) is 0 Å². The lowest BCUT2D eigenvalue weighted by Crippen LogP contribution is -2.50.